The van der Waals surface area contributed by atoms with Crippen LogP contribution in [0.5, 0.6) is 0 Å². The number of carbonyl (C=O) groups is 4. The molecule has 0 atom stereocenters. The van der Waals surface area contributed by atoms with Crippen molar-refractivity contribution in [3.63, 3.8) is 0 Å². The molecule has 34 heavy (non-hydrogen) atoms. The number of likely N-dealkylation sites (tertiary alicyclic amines) is 1. The summed E-state index contributed by atoms with van der Waals surface area (Å²) in [6.45, 7) is 1.38. The molecule has 0 aromatic heterocycles. The monoisotopic (exact) mass is 479 g/mol. The molecule has 8 heteroatoms. The van der Waals surface area contributed by atoms with Crippen LogP contribution >= 0.6 is 11.6 Å². The molecule has 2 aromatic rings. The number of anilines is 1. The topological polar surface area (TPSA) is 86.8 Å². The first-order chi connectivity index (χ1) is 16.4. The number of carbonyl (C=O) groups excluding carboxylic acids is 4. The maximum atomic E-state index is 13.1. The van der Waals surface area contributed by atoms with Crippen molar-refractivity contribution in [2.45, 2.75) is 51.0 Å². The smallest absolute Gasteiger partial charge is 0.261 e. The van der Waals surface area contributed by atoms with Crippen LogP contribution in [0.15, 0.2) is 36.4 Å². The van der Waals surface area contributed by atoms with Crippen LogP contribution in [0.1, 0.15) is 86.4 Å². The van der Waals surface area contributed by atoms with Gasteiger partial charge in [-0.15, -0.1) is 0 Å². The average molecular weight is 480 g/mol. The van der Waals surface area contributed by atoms with E-state index in [1.54, 1.807) is 29.2 Å². The van der Waals surface area contributed by atoms with Crippen molar-refractivity contribution in [3.05, 3.63) is 63.7 Å². The van der Waals surface area contributed by atoms with E-state index in [0.717, 1.165) is 44.9 Å². The third kappa shape index (κ3) is 4.09. The number of fused-ring (bicyclic) bond motifs is 1. The van der Waals surface area contributed by atoms with E-state index in [9.17, 15) is 19.2 Å². The zero-order chi connectivity index (χ0) is 23.8. The second-order valence-electron chi connectivity index (χ2n) is 9.18. The summed E-state index contributed by atoms with van der Waals surface area (Å²) in [7, 11) is 0. The maximum Gasteiger partial charge on any atom is 0.261 e. The maximum absolute atomic E-state index is 13.1. The molecule has 2 fully saturated rings. The Bertz CT molecular complexity index is 1180. The fourth-order valence-corrected chi connectivity index (χ4v) is 5.34. The number of benzene rings is 2. The van der Waals surface area contributed by atoms with E-state index >= 15 is 0 Å². The summed E-state index contributed by atoms with van der Waals surface area (Å²) in [5.74, 6) is -1.25. The number of nitrogens with zero attached hydrogens (tertiary/aromatic N) is 2. The lowest BCUT2D eigenvalue weighted by Crippen LogP contribution is -2.40. The predicted octanol–water partition coefficient (Wildman–Crippen LogP) is 4.76. The largest absolute Gasteiger partial charge is 0.339 e. The van der Waals surface area contributed by atoms with Gasteiger partial charge in [0.2, 0.25) is 0 Å². The van der Waals surface area contributed by atoms with Crippen molar-refractivity contribution < 1.29 is 19.2 Å². The first-order valence-corrected chi connectivity index (χ1v) is 12.2. The summed E-state index contributed by atoms with van der Waals surface area (Å²) in [4.78, 5) is 55.2. The quantitative estimate of drug-likeness (QED) is 0.640. The Hall–Kier alpha value is -3.19. The van der Waals surface area contributed by atoms with Crippen molar-refractivity contribution >= 4 is 40.9 Å². The molecule has 1 N–H and O–H groups in total. The Balaban J connectivity index is 1.39. The third-order valence-electron chi connectivity index (χ3n) is 6.97. The zero-order valence-electron chi connectivity index (χ0n) is 18.8. The zero-order valence-corrected chi connectivity index (χ0v) is 19.6. The molecular weight excluding hydrogens is 454 g/mol. The highest BCUT2D eigenvalue weighted by Crippen LogP contribution is 2.32. The Morgan fingerprint density at radius 2 is 1.56 bits per heavy atom. The Kier molecular flexibility index (Phi) is 6.13. The molecule has 176 valence electrons. The third-order valence-corrected chi connectivity index (χ3v) is 7.21. The molecular formula is C26H26ClN3O4. The molecule has 2 heterocycles. The lowest BCUT2D eigenvalue weighted by atomic mass is 9.94. The van der Waals surface area contributed by atoms with Crippen molar-refractivity contribution in [3.8, 4) is 0 Å². The van der Waals surface area contributed by atoms with Crippen LogP contribution in [-0.4, -0.2) is 52.6 Å². The Morgan fingerprint density at radius 1 is 0.853 bits per heavy atom. The van der Waals surface area contributed by atoms with Gasteiger partial charge in [-0.2, -0.15) is 0 Å². The summed E-state index contributed by atoms with van der Waals surface area (Å²) in [6.07, 6.45) is 6.69. The fourth-order valence-electron chi connectivity index (χ4n) is 5.16. The van der Waals surface area contributed by atoms with E-state index in [4.69, 9.17) is 11.6 Å². The highest BCUT2D eigenvalue weighted by Gasteiger charge is 2.40. The normalized spacial score (nSPS) is 18.4. The second kappa shape index (κ2) is 9.22. The molecule has 0 spiro atoms. The summed E-state index contributed by atoms with van der Waals surface area (Å²) >= 11 is 6.15. The summed E-state index contributed by atoms with van der Waals surface area (Å²) in [5, 5.41) is 3.18. The van der Waals surface area contributed by atoms with Crippen LogP contribution in [0.25, 0.3) is 0 Å². The number of imide groups is 1. The minimum atomic E-state index is -0.475. The van der Waals surface area contributed by atoms with Crippen molar-refractivity contribution in [1.82, 2.24) is 9.80 Å². The SMILES string of the molecule is O=C(Nc1cc(Cl)ccc1C(=O)N1CCCC1)c1ccc2c(c1)C(=O)N(C1CCCCC1)C2=O. The Labute approximate surface area is 203 Å². The lowest BCUT2D eigenvalue weighted by Gasteiger charge is -2.29. The van der Waals surface area contributed by atoms with Gasteiger partial charge in [-0.3, -0.25) is 24.1 Å². The van der Waals surface area contributed by atoms with Gasteiger partial charge in [0.25, 0.3) is 23.6 Å². The molecule has 1 saturated heterocycles. The van der Waals surface area contributed by atoms with Crippen LogP contribution < -0.4 is 5.32 Å². The second-order valence-corrected chi connectivity index (χ2v) is 9.61. The number of amides is 4. The van der Waals surface area contributed by atoms with Crippen molar-refractivity contribution in [2.24, 2.45) is 0 Å². The standard InChI is InChI=1S/C26H26ClN3O4/c27-17-9-11-20(24(32)29-12-4-5-13-29)22(15-17)28-23(31)16-8-10-19-21(14-16)26(34)30(25(19)33)18-6-2-1-3-7-18/h8-11,14-15,18H,1-7,12-13H2,(H,28,31). The Morgan fingerprint density at radius 3 is 2.29 bits per heavy atom. The van der Waals surface area contributed by atoms with Crippen LogP contribution in [-0.2, 0) is 0 Å². The molecule has 7 nitrogen and oxygen atoms in total. The van der Waals surface area contributed by atoms with Crippen LogP contribution in [0.3, 0.4) is 0 Å². The minimum absolute atomic E-state index is 0.0796. The van der Waals surface area contributed by atoms with Crippen molar-refractivity contribution in [1.29, 1.82) is 0 Å². The van der Waals surface area contributed by atoms with Crippen LogP contribution in [0.2, 0.25) is 5.02 Å². The van der Waals surface area contributed by atoms with E-state index in [1.807, 2.05) is 0 Å². The minimum Gasteiger partial charge on any atom is -0.339 e. The first-order valence-electron chi connectivity index (χ1n) is 11.9. The lowest BCUT2D eigenvalue weighted by molar-refractivity contribution is 0.0548. The van der Waals surface area contributed by atoms with Gasteiger partial charge in [0, 0.05) is 29.7 Å². The molecule has 5 rings (SSSR count). The summed E-state index contributed by atoms with van der Waals surface area (Å²) in [6, 6.07) is 9.27. The van der Waals surface area contributed by atoms with Gasteiger partial charge >= 0.3 is 0 Å². The van der Waals surface area contributed by atoms with Gasteiger partial charge in [-0.05, 0) is 62.1 Å². The average Bonchev–Trinajstić information content (AvgIpc) is 3.46. The molecule has 2 aliphatic heterocycles. The highest BCUT2D eigenvalue weighted by atomic mass is 35.5. The number of nitrogens with one attached hydrogen (secondary N) is 1. The van der Waals surface area contributed by atoms with E-state index in [1.165, 1.54) is 17.0 Å². The number of hydrogen-bond acceptors (Lipinski definition) is 4. The van der Waals surface area contributed by atoms with Crippen molar-refractivity contribution in [2.75, 3.05) is 18.4 Å². The number of rotatable bonds is 4. The molecule has 0 bridgehead atoms. The van der Waals surface area contributed by atoms with Crippen LogP contribution in [0, 0.1) is 0 Å². The molecule has 2 aromatic carbocycles. The van der Waals surface area contributed by atoms with E-state index in [2.05, 4.69) is 5.32 Å². The highest BCUT2D eigenvalue weighted by molar-refractivity contribution is 6.31. The van der Waals surface area contributed by atoms with Gasteiger partial charge in [0.05, 0.1) is 22.4 Å². The summed E-state index contributed by atoms with van der Waals surface area (Å²) in [5.41, 5.74) is 1.52. The van der Waals surface area contributed by atoms with E-state index < -0.39 is 5.91 Å². The van der Waals surface area contributed by atoms with Gasteiger partial charge in [-0.1, -0.05) is 30.9 Å². The molecule has 1 saturated carbocycles. The van der Waals surface area contributed by atoms with Gasteiger partial charge < -0.3 is 10.2 Å². The molecule has 1 aliphatic carbocycles. The van der Waals surface area contributed by atoms with Gasteiger partial charge in [0.1, 0.15) is 0 Å². The fraction of sp³-hybridized carbons (Fsp3) is 0.385. The van der Waals surface area contributed by atoms with E-state index in [0.29, 0.717) is 34.9 Å². The number of hydrogen-bond donors (Lipinski definition) is 1. The van der Waals surface area contributed by atoms with Gasteiger partial charge in [-0.25, -0.2) is 0 Å². The van der Waals surface area contributed by atoms with Gasteiger partial charge in [0.15, 0.2) is 0 Å². The van der Waals surface area contributed by atoms with E-state index in [-0.39, 0.29) is 34.9 Å². The molecule has 0 unspecified atom stereocenters. The number of halogens is 1. The summed E-state index contributed by atoms with van der Waals surface area (Å²) < 4.78 is 0. The molecule has 0 radical (unpaired) electrons. The van der Waals surface area contributed by atoms with Crippen LogP contribution in [0.4, 0.5) is 5.69 Å². The first kappa shape index (κ1) is 22.6. The molecule has 3 aliphatic rings. The predicted molar refractivity (Wildman–Crippen MR) is 128 cm³/mol. The molecule has 4 amide bonds.